The van der Waals surface area contributed by atoms with E-state index < -0.39 is 41.9 Å². The van der Waals surface area contributed by atoms with Crippen molar-refractivity contribution in [2.24, 2.45) is 10.3 Å². The molecule has 0 radical (unpaired) electrons. The Labute approximate surface area is 222 Å². The first-order valence-corrected chi connectivity index (χ1v) is 14.9. The maximum absolute atomic E-state index is 12.9. The van der Waals surface area contributed by atoms with Crippen molar-refractivity contribution in [3.8, 4) is 0 Å². The molecule has 0 aliphatic carbocycles. The quantitative estimate of drug-likeness (QED) is 0.260. The van der Waals surface area contributed by atoms with E-state index in [1.807, 2.05) is 12.2 Å². The van der Waals surface area contributed by atoms with Gasteiger partial charge < -0.3 is 4.55 Å². The van der Waals surface area contributed by atoms with Crippen LogP contribution in [0.2, 0.25) is 0 Å². The van der Waals surface area contributed by atoms with Crippen LogP contribution in [0.1, 0.15) is 11.1 Å². The summed E-state index contributed by atoms with van der Waals surface area (Å²) in [6, 6.07) is 23.9. The topological polar surface area (TPSA) is 143 Å². The number of hydrogen-bond acceptors (Lipinski definition) is 5. The molecular weight excluding hydrogens is 554 g/mol. The molecule has 0 amide bonds. The van der Waals surface area contributed by atoms with Gasteiger partial charge >= 0.3 is 0 Å². The van der Waals surface area contributed by atoms with Crippen LogP contribution in [-0.2, 0) is 31.2 Å². The summed E-state index contributed by atoms with van der Waals surface area (Å²) in [5.41, 5.74) is 1.71. The van der Waals surface area contributed by atoms with Crippen LogP contribution in [0.4, 0.5) is 8.78 Å². The summed E-state index contributed by atoms with van der Waals surface area (Å²) in [7, 11) is -7.88. The molecule has 198 valence electrons. The molecule has 0 saturated heterocycles. The van der Waals surface area contributed by atoms with Gasteiger partial charge in [-0.05, 0) is 71.8 Å². The highest BCUT2D eigenvalue weighted by atomic mass is 32.2. The minimum atomic E-state index is -3.97. The molecule has 1 unspecified atom stereocenters. The summed E-state index contributed by atoms with van der Waals surface area (Å²) in [6.45, 7) is 0. The molecule has 4 rings (SSSR count). The van der Waals surface area contributed by atoms with Crippen molar-refractivity contribution in [1.29, 1.82) is 0 Å². The molecule has 0 aliphatic rings. The first kappa shape index (κ1) is 29.2. The van der Waals surface area contributed by atoms with Crippen LogP contribution in [0.25, 0.3) is 12.2 Å². The Morgan fingerprint density at radius 1 is 0.632 bits per heavy atom. The van der Waals surface area contributed by atoms with E-state index in [0.29, 0.717) is 4.90 Å². The van der Waals surface area contributed by atoms with Gasteiger partial charge in [0.05, 0.1) is 0 Å². The molecule has 38 heavy (non-hydrogen) atoms. The van der Waals surface area contributed by atoms with Crippen LogP contribution < -0.4 is 10.3 Å². The summed E-state index contributed by atoms with van der Waals surface area (Å²) in [5, 5.41) is 9.90. The first-order valence-electron chi connectivity index (χ1n) is 10.7. The van der Waals surface area contributed by atoms with Crippen LogP contribution in [0.3, 0.4) is 0 Å². The Kier molecular flexibility index (Phi) is 9.55. The van der Waals surface area contributed by atoms with E-state index in [-0.39, 0.29) is 15.6 Å². The Balaban J connectivity index is 0.000000304. The lowest BCUT2D eigenvalue weighted by molar-refractivity contribution is 0.568. The highest BCUT2D eigenvalue weighted by Gasteiger charge is 2.24. The molecule has 4 aromatic rings. The predicted molar refractivity (Wildman–Crippen MR) is 142 cm³/mol. The van der Waals surface area contributed by atoms with Gasteiger partial charge in [0.1, 0.15) is 21.4 Å². The van der Waals surface area contributed by atoms with Crippen molar-refractivity contribution in [2.45, 2.75) is 19.6 Å². The predicted octanol–water partition coefficient (Wildman–Crippen LogP) is 4.28. The summed E-state index contributed by atoms with van der Waals surface area (Å²) in [5.74, 6) is -1.12. The summed E-state index contributed by atoms with van der Waals surface area (Å²) < 4.78 is 82.9. The van der Waals surface area contributed by atoms with Crippen molar-refractivity contribution in [1.82, 2.24) is 0 Å². The van der Waals surface area contributed by atoms with Gasteiger partial charge in [0.25, 0.3) is 0 Å². The first-order chi connectivity index (χ1) is 17.9. The van der Waals surface area contributed by atoms with Gasteiger partial charge in [0, 0.05) is 11.2 Å². The van der Waals surface area contributed by atoms with Gasteiger partial charge in [-0.15, -0.1) is 0 Å². The van der Waals surface area contributed by atoms with Crippen molar-refractivity contribution < 1.29 is 30.2 Å². The Morgan fingerprint density at radius 3 is 1.55 bits per heavy atom. The maximum Gasteiger partial charge on any atom is 0.243 e. The van der Waals surface area contributed by atoms with Gasteiger partial charge in [0.2, 0.25) is 20.0 Å². The number of primary sulfonamides is 2. The molecular formula is C26H22F2N2O5S3. The summed E-state index contributed by atoms with van der Waals surface area (Å²) in [6.07, 6.45) is 3.68. The Morgan fingerprint density at radius 2 is 1.08 bits per heavy atom. The zero-order valence-electron chi connectivity index (χ0n) is 19.6. The van der Waals surface area contributed by atoms with Crippen LogP contribution in [-0.4, -0.2) is 21.4 Å². The number of hydrogen-bond donors (Lipinski definition) is 2. The maximum atomic E-state index is 12.9. The second kappa shape index (κ2) is 12.4. The van der Waals surface area contributed by atoms with E-state index in [2.05, 4.69) is 5.14 Å². The standard InChI is InChI=1S/C20H16FNO3S2.C6H6FNO2S/c21-17-11-7-15(8-12-17)5-6-16-9-13-18(14-10-16)26(23)19-3-1-2-4-20(19)27(22,24)25;7-5-3-1-2-4-6(5)11(8,9)10/h1-14H,(H2,22,24,25);1-4H,(H2,8,9,10)/b6-5+;. The van der Waals surface area contributed by atoms with E-state index in [1.165, 1.54) is 42.5 Å². The van der Waals surface area contributed by atoms with Crippen LogP contribution in [0.5, 0.6) is 0 Å². The van der Waals surface area contributed by atoms with E-state index >= 15 is 0 Å². The molecule has 1 atom stereocenters. The van der Waals surface area contributed by atoms with Crippen LogP contribution >= 0.6 is 0 Å². The average molecular weight is 577 g/mol. The third-order valence-corrected chi connectivity index (χ3v) is 8.43. The molecule has 0 fully saturated rings. The molecule has 0 spiro atoms. The van der Waals surface area contributed by atoms with Gasteiger partial charge in [-0.1, -0.05) is 48.6 Å². The SMILES string of the molecule is NS(=O)(=O)c1ccccc1F.NS(=O)(=O)c1ccccc1[S+]([O-])c1ccc(/C=C/c2ccc(F)cc2)cc1. The minimum Gasteiger partial charge on any atom is -0.606 e. The number of nitrogens with two attached hydrogens (primary N) is 2. The van der Waals surface area contributed by atoms with Gasteiger partial charge in [-0.25, -0.2) is 35.9 Å². The lowest BCUT2D eigenvalue weighted by Gasteiger charge is -2.12. The lowest BCUT2D eigenvalue weighted by atomic mass is 10.1. The normalized spacial score (nSPS) is 12.6. The third kappa shape index (κ3) is 8.05. The number of benzene rings is 4. The van der Waals surface area contributed by atoms with E-state index in [0.717, 1.165) is 23.3 Å². The molecule has 0 aromatic heterocycles. The van der Waals surface area contributed by atoms with Gasteiger partial charge in [0.15, 0.2) is 9.79 Å². The molecule has 0 aliphatic heterocycles. The summed E-state index contributed by atoms with van der Waals surface area (Å²) >= 11 is -1.68. The summed E-state index contributed by atoms with van der Waals surface area (Å²) in [4.78, 5) is -0.0109. The second-order valence-electron chi connectivity index (χ2n) is 7.69. The Hall–Kier alpha value is -3.39. The highest BCUT2D eigenvalue weighted by Crippen LogP contribution is 2.27. The molecule has 4 aromatic carbocycles. The molecule has 0 bridgehead atoms. The van der Waals surface area contributed by atoms with Crippen molar-refractivity contribution in [3.63, 3.8) is 0 Å². The third-order valence-electron chi connectivity index (χ3n) is 4.93. The number of rotatable bonds is 6. The lowest BCUT2D eigenvalue weighted by Crippen LogP contribution is -2.16. The van der Waals surface area contributed by atoms with E-state index in [4.69, 9.17) is 5.14 Å². The highest BCUT2D eigenvalue weighted by molar-refractivity contribution is 7.93. The van der Waals surface area contributed by atoms with Crippen molar-refractivity contribution in [3.05, 3.63) is 120 Å². The van der Waals surface area contributed by atoms with Crippen LogP contribution in [0, 0.1) is 11.6 Å². The van der Waals surface area contributed by atoms with Crippen molar-refractivity contribution in [2.75, 3.05) is 0 Å². The molecule has 0 saturated carbocycles. The Bertz CT molecular complexity index is 1640. The fourth-order valence-corrected chi connectivity index (χ4v) is 6.00. The van der Waals surface area contributed by atoms with Crippen LogP contribution in [0.15, 0.2) is 117 Å². The second-order valence-corrected chi connectivity index (χ2v) is 12.2. The fourth-order valence-electron chi connectivity index (χ4n) is 3.11. The van der Waals surface area contributed by atoms with Gasteiger partial charge in [-0.2, -0.15) is 0 Å². The largest absolute Gasteiger partial charge is 0.606 e. The smallest absolute Gasteiger partial charge is 0.243 e. The number of halogens is 2. The zero-order chi connectivity index (χ0) is 27.9. The molecule has 4 N–H and O–H groups in total. The average Bonchev–Trinajstić information content (AvgIpc) is 2.88. The monoisotopic (exact) mass is 576 g/mol. The fraction of sp³-hybridized carbons (Fsp3) is 0. The van der Waals surface area contributed by atoms with E-state index in [1.54, 1.807) is 42.5 Å². The number of sulfonamides is 2. The zero-order valence-corrected chi connectivity index (χ0v) is 22.0. The molecule has 0 heterocycles. The molecule has 12 heteroatoms. The van der Waals surface area contributed by atoms with Crippen molar-refractivity contribution >= 4 is 43.4 Å². The van der Waals surface area contributed by atoms with Gasteiger partial charge in [-0.3, -0.25) is 0 Å². The van der Waals surface area contributed by atoms with E-state index in [9.17, 15) is 30.2 Å². The molecule has 7 nitrogen and oxygen atoms in total. The minimum absolute atomic E-state index is 0.148.